The highest BCUT2D eigenvalue weighted by atomic mass is 35.5. The number of aldehydes is 2. The lowest BCUT2D eigenvalue weighted by Crippen LogP contribution is -2.22. The quantitative estimate of drug-likeness (QED) is 0.209. The predicted octanol–water partition coefficient (Wildman–Crippen LogP) is 6.59. The van der Waals surface area contributed by atoms with Crippen molar-refractivity contribution >= 4 is 41.4 Å². The highest BCUT2D eigenvalue weighted by molar-refractivity contribution is 6.39. The van der Waals surface area contributed by atoms with E-state index in [-0.39, 0.29) is 11.4 Å². The maximum Gasteiger partial charge on any atom is 0.268 e. The van der Waals surface area contributed by atoms with Crippen molar-refractivity contribution in [2.24, 2.45) is 0 Å². The molecule has 0 aliphatic heterocycles. The summed E-state index contributed by atoms with van der Waals surface area (Å²) in [6.07, 6.45) is 3.27. The number of nitrogens with zero attached hydrogens (tertiary/aromatic N) is 3. The fourth-order valence-electron chi connectivity index (χ4n) is 4.51. The number of hydrogen-bond donors (Lipinski definition) is 0. The summed E-state index contributed by atoms with van der Waals surface area (Å²) in [5, 5.41) is 0.899. The lowest BCUT2D eigenvalue weighted by molar-refractivity contribution is 0.111. The molecule has 0 N–H and O–H groups in total. The number of aromatic nitrogens is 3. The zero-order valence-electron chi connectivity index (χ0n) is 20.9. The van der Waals surface area contributed by atoms with E-state index in [9.17, 15) is 14.4 Å². The molecule has 0 saturated heterocycles. The fraction of sp³-hybridized carbons (Fsp3) is 0.100. The summed E-state index contributed by atoms with van der Waals surface area (Å²) in [4.78, 5) is 44.5. The molecule has 194 valence electrons. The zero-order chi connectivity index (χ0) is 27.7. The Balaban J connectivity index is 1.63. The Kier molecular flexibility index (Phi) is 7.28. The maximum atomic E-state index is 12.8. The molecule has 7 nitrogen and oxygen atoms in total. The van der Waals surface area contributed by atoms with Crippen molar-refractivity contribution in [3.63, 3.8) is 0 Å². The molecule has 0 spiro atoms. The van der Waals surface area contributed by atoms with Gasteiger partial charge in [-0.3, -0.25) is 18.8 Å². The highest BCUT2D eigenvalue weighted by Gasteiger charge is 2.18. The summed E-state index contributed by atoms with van der Waals surface area (Å²) >= 11 is 13.8. The number of rotatable bonds is 7. The molecule has 0 unspecified atom stereocenters. The van der Waals surface area contributed by atoms with Crippen molar-refractivity contribution in [1.29, 1.82) is 0 Å². The number of ether oxygens (including phenoxy) is 1. The third kappa shape index (κ3) is 4.60. The van der Waals surface area contributed by atoms with Gasteiger partial charge in [-0.1, -0.05) is 66.5 Å². The summed E-state index contributed by atoms with van der Waals surface area (Å²) in [6.45, 7) is 1.84. The van der Waals surface area contributed by atoms with E-state index in [0.29, 0.717) is 68.3 Å². The minimum Gasteiger partial charge on any atom is -0.480 e. The van der Waals surface area contributed by atoms with Gasteiger partial charge in [0.2, 0.25) is 5.88 Å². The number of aryl methyl sites for hydroxylation is 1. The molecule has 2 aromatic carbocycles. The molecule has 5 rings (SSSR count). The average Bonchev–Trinajstić information content (AvgIpc) is 2.96. The second-order valence-electron chi connectivity index (χ2n) is 8.64. The van der Waals surface area contributed by atoms with Gasteiger partial charge < -0.3 is 4.74 Å². The molecule has 3 heterocycles. The first-order valence-electron chi connectivity index (χ1n) is 12.0. The standard InChI is InChI=1S/C30H21Cl2N3O4/c1-3-24-23(16-37)30(38)35-13-12-17(14-26(35)33-24)19-6-4-7-20(27(19)31)21-8-5-9-22(28(21)32)25-11-10-18(15-36)29(34-25)39-2/h4-16H,3H2,1-2H3. The van der Waals surface area contributed by atoms with Crippen molar-refractivity contribution in [3.8, 4) is 39.4 Å². The molecule has 39 heavy (non-hydrogen) atoms. The van der Waals surface area contributed by atoms with E-state index in [4.69, 9.17) is 27.9 Å². The van der Waals surface area contributed by atoms with Crippen LogP contribution in [0.1, 0.15) is 33.3 Å². The fourth-order valence-corrected chi connectivity index (χ4v) is 5.17. The SMILES string of the molecule is CCc1nc2cc(-c3cccc(-c4cccc(-c5ccc(C=O)c(OC)n5)c4Cl)c3Cl)ccn2c(=O)c1C=O. The van der Waals surface area contributed by atoms with Gasteiger partial charge in [0.1, 0.15) is 11.2 Å². The molecular formula is C30H21Cl2N3O4. The average molecular weight is 558 g/mol. The number of benzene rings is 2. The number of carbonyl (C=O) groups excluding carboxylic acids is 2. The highest BCUT2D eigenvalue weighted by Crippen LogP contribution is 2.42. The van der Waals surface area contributed by atoms with E-state index in [1.54, 1.807) is 30.5 Å². The normalized spacial score (nSPS) is 11.0. The first kappa shape index (κ1) is 26.3. The summed E-state index contributed by atoms with van der Waals surface area (Å²) in [5.74, 6) is 0.208. The molecular weight excluding hydrogens is 537 g/mol. The van der Waals surface area contributed by atoms with Gasteiger partial charge in [0.05, 0.1) is 34.1 Å². The van der Waals surface area contributed by atoms with Crippen LogP contribution in [0.4, 0.5) is 0 Å². The summed E-state index contributed by atoms with van der Waals surface area (Å²) < 4.78 is 6.60. The van der Waals surface area contributed by atoms with E-state index in [1.165, 1.54) is 11.5 Å². The summed E-state index contributed by atoms with van der Waals surface area (Å²) in [7, 11) is 1.45. The van der Waals surface area contributed by atoms with Crippen LogP contribution in [0.15, 0.2) is 71.7 Å². The monoisotopic (exact) mass is 557 g/mol. The largest absolute Gasteiger partial charge is 0.480 e. The van der Waals surface area contributed by atoms with Gasteiger partial charge in [-0.2, -0.15) is 0 Å². The molecule has 5 aromatic rings. The minimum atomic E-state index is -0.409. The van der Waals surface area contributed by atoms with Crippen LogP contribution in [0.5, 0.6) is 5.88 Å². The first-order valence-corrected chi connectivity index (χ1v) is 12.8. The molecule has 0 radical (unpaired) electrons. The first-order chi connectivity index (χ1) is 18.9. The van der Waals surface area contributed by atoms with Gasteiger partial charge in [0.25, 0.3) is 5.56 Å². The molecule has 0 saturated carbocycles. The number of hydrogen-bond acceptors (Lipinski definition) is 6. The van der Waals surface area contributed by atoms with Crippen LogP contribution in [0.25, 0.3) is 39.2 Å². The van der Waals surface area contributed by atoms with E-state index < -0.39 is 5.56 Å². The Labute approximate surface area is 233 Å². The Morgan fingerprint density at radius 2 is 1.54 bits per heavy atom. The Hall–Kier alpha value is -4.33. The molecule has 0 atom stereocenters. The van der Waals surface area contributed by atoms with Crippen molar-refractivity contribution in [3.05, 3.63) is 104 Å². The van der Waals surface area contributed by atoms with Crippen molar-refractivity contribution in [2.75, 3.05) is 7.11 Å². The Morgan fingerprint density at radius 1 is 0.872 bits per heavy atom. The van der Waals surface area contributed by atoms with Gasteiger partial charge in [-0.25, -0.2) is 9.97 Å². The van der Waals surface area contributed by atoms with E-state index in [0.717, 1.165) is 11.1 Å². The molecule has 0 aliphatic carbocycles. The van der Waals surface area contributed by atoms with Crippen LogP contribution in [0.3, 0.4) is 0 Å². The maximum absolute atomic E-state index is 12.8. The third-order valence-corrected chi connectivity index (χ3v) is 7.30. The third-order valence-electron chi connectivity index (χ3n) is 6.48. The molecule has 3 aromatic heterocycles. The predicted molar refractivity (Wildman–Crippen MR) is 152 cm³/mol. The Bertz CT molecular complexity index is 1830. The second-order valence-corrected chi connectivity index (χ2v) is 9.40. The van der Waals surface area contributed by atoms with Crippen molar-refractivity contribution in [1.82, 2.24) is 14.4 Å². The van der Waals surface area contributed by atoms with E-state index in [2.05, 4.69) is 9.97 Å². The minimum absolute atomic E-state index is 0.0604. The van der Waals surface area contributed by atoms with Crippen LogP contribution < -0.4 is 10.3 Å². The van der Waals surface area contributed by atoms with Crippen LogP contribution in [-0.4, -0.2) is 34.1 Å². The number of pyridine rings is 2. The van der Waals surface area contributed by atoms with Crippen LogP contribution in [0.2, 0.25) is 10.0 Å². The van der Waals surface area contributed by atoms with Crippen LogP contribution in [0, 0.1) is 0 Å². The molecule has 9 heteroatoms. The zero-order valence-corrected chi connectivity index (χ0v) is 22.5. The smallest absolute Gasteiger partial charge is 0.268 e. The van der Waals surface area contributed by atoms with Crippen LogP contribution >= 0.6 is 23.2 Å². The van der Waals surface area contributed by atoms with Crippen LogP contribution in [-0.2, 0) is 6.42 Å². The summed E-state index contributed by atoms with van der Waals surface area (Å²) in [6, 6.07) is 18.0. The number of halogens is 2. The van der Waals surface area contributed by atoms with Gasteiger partial charge in [-0.05, 0) is 36.2 Å². The molecule has 0 fully saturated rings. The van der Waals surface area contributed by atoms with E-state index in [1.807, 2.05) is 43.3 Å². The summed E-state index contributed by atoms with van der Waals surface area (Å²) in [5.41, 5.74) is 4.92. The van der Waals surface area contributed by atoms with Crippen molar-refractivity contribution < 1.29 is 14.3 Å². The second kappa shape index (κ2) is 10.8. The molecule has 0 aliphatic rings. The lowest BCUT2D eigenvalue weighted by Gasteiger charge is -2.15. The van der Waals surface area contributed by atoms with Gasteiger partial charge in [-0.15, -0.1) is 0 Å². The topological polar surface area (TPSA) is 90.6 Å². The van der Waals surface area contributed by atoms with Gasteiger partial charge in [0, 0.05) is 28.5 Å². The number of fused-ring (bicyclic) bond motifs is 1. The Morgan fingerprint density at radius 3 is 2.18 bits per heavy atom. The lowest BCUT2D eigenvalue weighted by atomic mass is 9.97. The van der Waals surface area contributed by atoms with E-state index >= 15 is 0 Å². The molecule has 0 amide bonds. The molecule has 0 bridgehead atoms. The van der Waals surface area contributed by atoms with Gasteiger partial charge >= 0.3 is 0 Å². The van der Waals surface area contributed by atoms with Gasteiger partial charge in [0.15, 0.2) is 12.6 Å². The number of methoxy groups -OCH3 is 1. The number of carbonyl (C=O) groups is 2. The van der Waals surface area contributed by atoms with Crippen molar-refractivity contribution in [2.45, 2.75) is 13.3 Å².